The summed E-state index contributed by atoms with van der Waals surface area (Å²) >= 11 is 9.41. The first-order chi connectivity index (χ1) is 7.20. The van der Waals surface area contributed by atoms with Crippen molar-refractivity contribution in [2.45, 2.75) is 6.92 Å². The third-order valence-corrected chi connectivity index (χ3v) is 2.89. The summed E-state index contributed by atoms with van der Waals surface area (Å²) in [6.07, 6.45) is 0. The average Bonchev–Trinajstić information content (AvgIpc) is 2.19. The highest BCUT2D eigenvalue weighted by Crippen LogP contribution is 2.27. The maximum atomic E-state index is 5.95. The molecule has 0 unspecified atom stereocenters. The molecule has 2 nitrogen and oxygen atoms in total. The first-order valence-corrected chi connectivity index (χ1v) is 5.87. The van der Waals surface area contributed by atoms with Crippen LogP contribution in [0.2, 0.25) is 5.02 Å². The molecule has 0 saturated heterocycles. The van der Waals surface area contributed by atoms with Crippen molar-refractivity contribution in [1.29, 1.82) is 0 Å². The summed E-state index contributed by atoms with van der Waals surface area (Å²) in [4.78, 5) is 4.49. The highest BCUT2D eigenvalue weighted by molar-refractivity contribution is 9.10. The molecule has 4 heteroatoms. The van der Waals surface area contributed by atoms with Crippen LogP contribution in [0.1, 0.15) is 6.92 Å². The topological polar surface area (TPSA) is 24.9 Å². The zero-order valence-electron chi connectivity index (χ0n) is 8.22. The zero-order valence-corrected chi connectivity index (χ0v) is 10.6. The fourth-order valence-electron chi connectivity index (χ4n) is 1.44. The predicted octanol–water partition coefficient (Wildman–Crippen LogP) is 4.08. The Balaban J connectivity index is 2.60. The van der Waals surface area contributed by atoms with Crippen LogP contribution in [0, 0.1) is 0 Å². The SMILES string of the molecule is CCNc1ccc2cc(Cl)cc(Br)c2n1. The van der Waals surface area contributed by atoms with Gasteiger partial charge in [0.05, 0.1) is 5.52 Å². The lowest BCUT2D eigenvalue weighted by Gasteiger charge is -2.05. The molecule has 0 aliphatic heterocycles. The second kappa shape index (κ2) is 4.37. The van der Waals surface area contributed by atoms with E-state index in [1.165, 1.54) is 0 Å². The molecule has 0 atom stereocenters. The number of pyridine rings is 1. The van der Waals surface area contributed by atoms with Gasteiger partial charge in [-0.15, -0.1) is 0 Å². The van der Waals surface area contributed by atoms with Crippen LogP contribution in [0.25, 0.3) is 10.9 Å². The summed E-state index contributed by atoms with van der Waals surface area (Å²) in [5.74, 6) is 0.882. The van der Waals surface area contributed by atoms with Gasteiger partial charge in [-0.2, -0.15) is 0 Å². The van der Waals surface area contributed by atoms with E-state index in [-0.39, 0.29) is 0 Å². The summed E-state index contributed by atoms with van der Waals surface area (Å²) in [5, 5.41) is 4.93. The molecule has 2 aromatic rings. The Kier molecular flexibility index (Phi) is 3.12. The molecule has 1 aromatic carbocycles. The van der Waals surface area contributed by atoms with Gasteiger partial charge in [0.1, 0.15) is 5.82 Å². The summed E-state index contributed by atoms with van der Waals surface area (Å²) in [6.45, 7) is 2.91. The minimum Gasteiger partial charge on any atom is -0.370 e. The molecule has 1 N–H and O–H groups in total. The van der Waals surface area contributed by atoms with Crippen LogP contribution >= 0.6 is 27.5 Å². The van der Waals surface area contributed by atoms with Crippen molar-refractivity contribution in [3.63, 3.8) is 0 Å². The van der Waals surface area contributed by atoms with E-state index >= 15 is 0 Å². The summed E-state index contributed by atoms with van der Waals surface area (Å²) in [6, 6.07) is 7.72. The average molecular weight is 286 g/mol. The van der Waals surface area contributed by atoms with Gasteiger partial charge in [-0.05, 0) is 47.1 Å². The number of hydrogen-bond donors (Lipinski definition) is 1. The van der Waals surface area contributed by atoms with Gasteiger partial charge in [0.25, 0.3) is 0 Å². The molecule has 1 heterocycles. The van der Waals surface area contributed by atoms with Crippen molar-refractivity contribution in [2.75, 3.05) is 11.9 Å². The van der Waals surface area contributed by atoms with Gasteiger partial charge in [0.2, 0.25) is 0 Å². The molecular weight excluding hydrogens is 275 g/mol. The van der Waals surface area contributed by atoms with Crippen molar-refractivity contribution in [2.24, 2.45) is 0 Å². The van der Waals surface area contributed by atoms with Crippen molar-refractivity contribution in [3.8, 4) is 0 Å². The van der Waals surface area contributed by atoms with E-state index in [0.29, 0.717) is 5.02 Å². The van der Waals surface area contributed by atoms with Gasteiger partial charge in [-0.25, -0.2) is 4.98 Å². The number of benzene rings is 1. The van der Waals surface area contributed by atoms with Crippen LogP contribution in [0.5, 0.6) is 0 Å². The maximum Gasteiger partial charge on any atom is 0.126 e. The van der Waals surface area contributed by atoms with Crippen LogP contribution in [0.4, 0.5) is 5.82 Å². The Labute approximate surface area is 102 Å². The van der Waals surface area contributed by atoms with Crippen LogP contribution in [0.15, 0.2) is 28.7 Å². The number of anilines is 1. The maximum absolute atomic E-state index is 5.95. The smallest absolute Gasteiger partial charge is 0.126 e. The van der Waals surface area contributed by atoms with E-state index in [0.717, 1.165) is 27.7 Å². The van der Waals surface area contributed by atoms with Gasteiger partial charge in [-0.3, -0.25) is 0 Å². The van der Waals surface area contributed by atoms with E-state index in [4.69, 9.17) is 11.6 Å². The number of halogens is 2. The molecule has 0 spiro atoms. The number of nitrogens with zero attached hydrogens (tertiary/aromatic N) is 1. The molecular formula is C11H10BrClN2. The number of hydrogen-bond acceptors (Lipinski definition) is 2. The molecule has 0 saturated carbocycles. The second-order valence-corrected chi connectivity index (χ2v) is 4.48. The lowest BCUT2D eigenvalue weighted by atomic mass is 10.2. The number of aromatic nitrogens is 1. The highest BCUT2D eigenvalue weighted by Gasteiger charge is 2.03. The third-order valence-electron chi connectivity index (χ3n) is 2.07. The minimum atomic E-state index is 0.715. The van der Waals surface area contributed by atoms with Gasteiger partial charge < -0.3 is 5.32 Å². The molecule has 0 amide bonds. The van der Waals surface area contributed by atoms with Crippen LogP contribution < -0.4 is 5.32 Å². The highest BCUT2D eigenvalue weighted by atomic mass is 79.9. The molecule has 15 heavy (non-hydrogen) atoms. The number of nitrogens with one attached hydrogen (secondary N) is 1. The normalized spacial score (nSPS) is 10.6. The van der Waals surface area contributed by atoms with E-state index in [1.807, 2.05) is 31.2 Å². The fourth-order valence-corrected chi connectivity index (χ4v) is 2.36. The molecule has 1 aromatic heterocycles. The van der Waals surface area contributed by atoms with Crippen molar-refractivity contribution < 1.29 is 0 Å². The van der Waals surface area contributed by atoms with E-state index < -0.39 is 0 Å². The molecule has 0 aliphatic carbocycles. The summed E-state index contributed by atoms with van der Waals surface area (Å²) < 4.78 is 0.921. The molecule has 0 bridgehead atoms. The van der Waals surface area contributed by atoms with Gasteiger partial charge in [0, 0.05) is 21.4 Å². The van der Waals surface area contributed by atoms with Crippen LogP contribution in [0.3, 0.4) is 0 Å². The van der Waals surface area contributed by atoms with Crippen LogP contribution in [-0.4, -0.2) is 11.5 Å². The monoisotopic (exact) mass is 284 g/mol. The molecule has 0 fully saturated rings. The van der Waals surface area contributed by atoms with Gasteiger partial charge >= 0.3 is 0 Å². The van der Waals surface area contributed by atoms with E-state index in [1.54, 1.807) is 0 Å². The lowest BCUT2D eigenvalue weighted by Crippen LogP contribution is -1.98. The van der Waals surface area contributed by atoms with E-state index in [2.05, 4.69) is 26.2 Å². The minimum absolute atomic E-state index is 0.715. The molecule has 0 aliphatic rings. The van der Waals surface area contributed by atoms with Crippen molar-refractivity contribution in [3.05, 3.63) is 33.8 Å². The third kappa shape index (κ3) is 2.24. The van der Waals surface area contributed by atoms with Gasteiger partial charge in [0.15, 0.2) is 0 Å². The second-order valence-electron chi connectivity index (χ2n) is 3.19. The molecule has 0 radical (unpaired) electrons. The standard InChI is InChI=1S/C11H10BrClN2/c1-2-14-10-4-3-7-5-8(13)6-9(12)11(7)15-10/h3-6H,2H2,1H3,(H,14,15). The number of fused-ring (bicyclic) bond motifs is 1. The Morgan fingerprint density at radius 1 is 1.40 bits per heavy atom. The van der Waals surface area contributed by atoms with E-state index in [9.17, 15) is 0 Å². The Bertz CT molecular complexity index is 499. The Morgan fingerprint density at radius 2 is 2.20 bits per heavy atom. The van der Waals surface area contributed by atoms with Crippen LogP contribution in [-0.2, 0) is 0 Å². The fraction of sp³-hybridized carbons (Fsp3) is 0.182. The quantitative estimate of drug-likeness (QED) is 0.899. The lowest BCUT2D eigenvalue weighted by molar-refractivity contribution is 1.17. The number of rotatable bonds is 2. The Hall–Kier alpha value is -0.800. The molecule has 2 rings (SSSR count). The first-order valence-electron chi connectivity index (χ1n) is 4.70. The Morgan fingerprint density at radius 3 is 2.93 bits per heavy atom. The summed E-state index contributed by atoms with van der Waals surface area (Å²) in [5.41, 5.74) is 0.929. The first kappa shape index (κ1) is 10.7. The summed E-state index contributed by atoms with van der Waals surface area (Å²) in [7, 11) is 0. The van der Waals surface area contributed by atoms with Crippen molar-refractivity contribution >= 4 is 44.3 Å². The predicted molar refractivity (Wildman–Crippen MR) is 68.6 cm³/mol. The largest absolute Gasteiger partial charge is 0.370 e. The van der Waals surface area contributed by atoms with Crippen molar-refractivity contribution in [1.82, 2.24) is 4.98 Å². The van der Waals surface area contributed by atoms with Gasteiger partial charge in [-0.1, -0.05) is 11.6 Å². The molecule has 78 valence electrons. The zero-order chi connectivity index (χ0) is 10.8.